The molecule has 1 amide bonds. The van der Waals surface area contributed by atoms with Gasteiger partial charge in [-0.25, -0.2) is 8.42 Å². The van der Waals surface area contributed by atoms with E-state index in [1.54, 1.807) is 6.92 Å². The summed E-state index contributed by atoms with van der Waals surface area (Å²) in [7, 11) is -2.96. The van der Waals surface area contributed by atoms with Gasteiger partial charge in [0.05, 0.1) is 11.5 Å². The predicted octanol–water partition coefficient (Wildman–Crippen LogP) is 0.307. The highest BCUT2D eigenvalue weighted by Gasteiger charge is 2.26. The highest BCUT2D eigenvalue weighted by atomic mass is 35.5. The molecule has 2 atom stereocenters. The van der Waals surface area contributed by atoms with Crippen LogP contribution in [0.25, 0.3) is 0 Å². The molecular weight excluding hydrogens is 226 g/mol. The predicted molar refractivity (Wildman–Crippen MR) is 55.1 cm³/mol. The zero-order valence-corrected chi connectivity index (χ0v) is 9.57. The van der Waals surface area contributed by atoms with Crippen molar-refractivity contribution in [3.63, 3.8) is 0 Å². The molecule has 0 aliphatic carbocycles. The summed E-state index contributed by atoms with van der Waals surface area (Å²) < 4.78 is 22.5. The number of hydrogen-bond acceptors (Lipinski definition) is 3. The Kier molecular flexibility index (Phi) is 3.78. The van der Waals surface area contributed by atoms with Gasteiger partial charge in [0.2, 0.25) is 5.91 Å². The molecule has 1 aliphatic rings. The second-order valence-corrected chi connectivity index (χ2v) is 6.46. The van der Waals surface area contributed by atoms with Crippen molar-refractivity contribution < 1.29 is 13.2 Å². The summed E-state index contributed by atoms with van der Waals surface area (Å²) in [4.78, 5) is 11.2. The van der Waals surface area contributed by atoms with Crippen LogP contribution in [-0.2, 0) is 14.6 Å². The molecule has 1 rings (SSSR count). The number of carbonyl (C=O) groups excluding carboxylic acids is 1. The number of amides is 1. The molecule has 0 aromatic carbocycles. The third-order valence-corrected chi connectivity index (χ3v) is 4.19. The molecule has 1 heterocycles. The summed E-state index contributed by atoms with van der Waals surface area (Å²) in [5, 5.41) is 2.01. The van der Waals surface area contributed by atoms with Crippen LogP contribution in [0.2, 0.25) is 0 Å². The molecule has 1 saturated heterocycles. The van der Waals surface area contributed by atoms with E-state index >= 15 is 0 Å². The average molecular weight is 240 g/mol. The number of carbonyl (C=O) groups is 1. The van der Waals surface area contributed by atoms with Crippen LogP contribution in [0.1, 0.15) is 19.8 Å². The molecule has 1 fully saturated rings. The minimum atomic E-state index is -2.96. The van der Waals surface area contributed by atoms with Crippen LogP contribution in [0.4, 0.5) is 0 Å². The van der Waals surface area contributed by atoms with E-state index in [9.17, 15) is 13.2 Å². The lowest BCUT2D eigenvalue weighted by molar-refractivity contribution is -0.121. The fraction of sp³-hybridized carbons (Fsp3) is 0.875. The number of alkyl halides is 1. The second kappa shape index (κ2) is 4.49. The van der Waals surface area contributed by atoms with Gasteiger partial charge in [-0.2, -0.15) is 0 Å². The number of hydrogen-bond donors (Lipinski definition) is 1. The Hall–Kier alpha value is -0.290. The Morgan fingerprint density at radius 1 is 1.57 bits per heavy atom. The van der Waals surface area contributed by atoms with Gasteiger partial charge in [-0.1, -0.05) is 0 Å². The molecule has 0 aromatic rings. The van der Waals surface area contributed by atoms with Crippen LogP contribution in [0.5, 0.6) is 0 Å². The first-order valence-corrected chi connectivity index (χ1v) is 6.81. The van der Waals surface area contributed by atoms with Gasteiger partial charge in [0.25, 0.3) is 0 Å². The van der Waals surface area contributed by atoms with Gasteiger partial charge in [-0.05, 0) is 19.8 Å². The van der Waals surface area contributed by atoms with Crippen LogP contribution in [0.15, 0.2) is 0 Å². The molecule has 14 heavy (non-hydrogen) atoms. The summed E-state index contributed by atoms with van der Waals surface area (Å²) in [6, 6.07) is -0.262. The SMILES string of the molecule is CC(Cl)C(=O)NC1CCCS(=O)(=O)C1. The van der Waals surface area contributed by atoms with E-state index in [1.807, 2.05) is 0 Å². The molecule has 0 saturated carbocycles. The maximum atomic E-state index is 11.2. The topological polar surface area (TPSA) is 63.2 Å². The molecule has 0 radical (unpaired) electrons. The van der Waals surface area contributed by atoms with E-state index < -0.39 is 15.2 Å². The van der Waals surface area contributed by atoms with Crippen LogP contribution in [-0.4, -0.2) is 37.2 Å². The van der Waals surface area contributed by atoms with Crippen molar-refractivity contribution in [2.75, 3.05) is 11.5 Å². The number of sulfone groups is 1. The lowest BCUT2D eigenvalue weighted by Crippen LogP contribution is -2.45. The van der Waals surface area contributed by atoms with E-state index in [0.717, 1.165) is 0 Å². The lowest BCUT2D eigenvalue weighted by atomic mass is 10.2. The normalized spacial score (nSPS) is 28.0. The Labute approximate surface area is 88.9 Å². The molecule has 1 aliphatic heterocycles. The van der Waals surface area contributed by atoms with Gasteiger partial charge in [0.15, 0.2) is 9.84 Å². The van der Waals surface area contributed by atoms with Crippen LogP contribution >= 0.6 is 11.6 Å². The summed E-state index contributed by atoms with van der Waals surface area (Å²) >= 11 is 5.56. The van der Waals surface area contributed by atoms with Crippen molar-refractivity contribution >= 4 is 27.3 Å². The fourth-order valence-electron chi connectivity index (χ4n) is 1.45. The molecule has 6 heteroatoms. The van der Waals surface area contributed by atoms with Gasteiger partial charge in [0.1, 0.15) is 5.38 Å². The Morgan fingerprint density at radius 2 is 2.21 bits per heavy atom. The minimum Gasteiger partial charge on any atom is -0.351 e. The molecule has 2 unspecified atom stereocenters. The van der Waals surface area contributed by atoms with Crippen molar-refractivity contribution in [2.45, 2.75) is 31.2 Å². The highest BCUT2D eigenvalue weighted by Crippen LogP contribution is 2.12. The monoisotopic (exact) mass is 239 g/mol. The Morgan fingerprint density at radius 3 is 2.71 bits per heavy atom. The van der Waals surface area contributed by atoms with Gasteiger partial charge < -0.3 is 5.32 Å². The quantitative estimate of drug-likeness (QED) is 0.706. The lowest BCUT2D eigenvalue weighted by Gasteiger charge is -2.23. The van der Waals surface area contributed by atoms with Crippen molar-refractivity contribution in [1.82, 2.24) is 5.32 Å². The van der Waals surface area contributed by atoms with Crippen molar-refractivity contribution in [2.24, 2.45) is 0 Å². The van der Waals surface area contributed by atoms with E-state index in [2.05, 4.69) is 5.32 Å². The zero-order valence-electron chi connectivity index (χ0n) is 7.99. The summed E-state index contributed by atoms with van der Waals surface area (Å²) in [5.41, 5.74) is 0. The van der Waals surface area contributed by atoms with Gasteiger partial charge in [-0.3, -0.25) is 4.79 Å². The van der Waals surface area contributed by atoms with Crippen molar-refractivity contribution in [1.29, 1.82) is 0 Å². The molecule has 0 aromatic heterocycles. The zero-order chi connectivity index (χ0) is 10.8. The van der Waals surface area contributed by atoms with Crippen LogP contribution in [0.3, 0.4) is 0 Å². The highest BCUT2D eigenvalue weighted by molar-refractivity contribution is 7.91. The van der Waals surface area contributed by atoms with Crippen LogP contribution in [0, 0.1) is 0 Å². The minimum absolute atomic E-state index is 0.0440. The number of halogens is 1. The van der Waals surface area contributed by atoms with Crippen LogP contribution < -0.4 is 5.32 Å². The van der Waals surface area contributed by atoms with Gasteiger partial charge in [-0.15, -0.1) is 11.6 Å². The molecule has 4 nitrogen and oxygen atoms in total. The molecule has 0 spiro atoms. The summed E-state index contributed by atoms with van der Waals surface area (Å²) in [6.07, 6.45) is 1.33. The summed E-state index contributed by atoms with van der Waals surface area (Å²) in [5.74, 6) is -0.0215. The van der Waals surface area contributed by atoms with E-state index in [4.69, 9.17) is 11.6 Å². The maximum Gasteiger partial charge on any atom is 0.238 e. The Bertz CT molecular complexity index is 313. The van der Waals surface area contributed by atoms with Gasteiger partial charge in [0, 0.05) is 6.04 Å². The maximum absolute atomic E-state index is 11.2. The second-order valence-electron chi connectivity index (χ2n) is 3.58. The standard InChI is InChI=1S/C8H14ClNO3S/c1-6(9)8(11)10-7-3-2-4-14(12,13)5-7/h6-7H,2-5H2,1H3,(H,10,11). The first-order chi connectivity index (χ1) is 6.41. The fourth-order valence-corrected chi connectivity index (χ4v) is 3.15. The first-order valence-electron chi connectivity index (χ1n) is 4.55. The first kappa shape index (κ1) is 11.8. The molecular formula is C8H14ClNO3S. The number of rotatable bonds is 2. The third-order valence-electron chi connectivity index (χ3n) is 2.17. The smallest absolute Gasteiger partial charge is 0.238 e. The molecule has 1 N–H and O–H groups in total. The Balaban J connectivity index is 2.50. The van der Waals surface area contributed by atoms with Crippen molar-refractivity contribution in [3.05, 3.63) is 0 Å². The van der Waals surface area contributed by atoms with E-state index in [1.165, 1.54) is 0 Å². The van der Waals surface area contributed by atoms with E-state index in [0.29, 0.717) is 12.8 Å². The van der Waals surface area contributed by atoms with Gasteiger partial charge >= 0.3 is 0 Å². The van der Waals surface area contributed by atoms with Crippen molar-refractivity contribution in [3.8, 4) is 0 Å². The average Bonchev–Trinajstić information content (AvgIpc) is 2.01. The largest absolute Gasteiger partial charge is 0.351 e. The third kappa shape index (κ3) is 3.46. The summed E-state index contributed by atoms with van der Waals surface area (Å²) in [6.45, 7) is 1.56. The number of nitrogens with one attached hydrogen (secondary N) is 1. The molecule has 82 valence electrons. The van der Waals surface area contributed by atoms with E-state index in [-0.39, 0.29) is 23.5 Å². The molecule has 0 bridgehead atoms.